The number of nitrogens with two attached hydrogens (primary N) is 1. The van der Waals surface area contributed by atoms with Gasteiger partial charge < -0.3 is 16.0 Å². The number of hydrogen-bond donors (Lipinski definition) is 2. The Hall–Kier alpha value is -1.53. The summed E-state index contributed by atoms with van der Waals surface area (Å²) in [5, 5.41) is 2.53. The van der Waals surface area contributed by atoms with Gasteiger partial charge in [-0.15, -0.1) is 11.8 Å². The second-order valence-electron chi connectivity index (χ2n) is 7.00. The van der Waals surface area contributed by atoms with Crippen molar-refractivity contribution in [2.45, 2.75) is 42.9 Å². The van der Waals surface area contributed by atoms with Gasteiger partial charge in [-0.25, -0.2) is 0 Å². The van der Waals surface area contributed by atoms with E-state index in [1.165, 1.54) is 11.8 Å². The van der Waals surface area contributed by atoms with E-state index in [4.69, 9.17) is 5.73 Å². The Morgan fingerprint density at radius 2 is 2.17 bits per heavy atom. The van der Waals surface area contributed by atoms with Crippen LogP contribution in [0.4, 0.5) is 5.69 Å². The number of piperidine rings is 1. The first-order chi connectivity index (χ1) is 10.9. The molecule has 6 heteroatoms. The third-order valence-corrected chi connectivity index (χ3v) is 6.01. The van der Waals surface area contributed by atoms with Crippen LogP contribution in [0.3, 0.4) is 0 Å². The van der Waals surface area contributed by atoms with E-state index >= 15 is 0 Å². The highest BCUT2D eigenvalue weighted by Crippen LogP contribution is 2.37. The summed E-state index contributed by atoms with van der Waals surface area (Å²) < 4.78 is 0. The van der Waals surface area contributed by atoms with Gasteiger partial charge in [-0.2, -0.15) is 0 Å². The van der Waals surface area contributed by atoms with Crippen LogP contribution in [0.1, 0.15) is 26.7 Å². The summed E-state index contributed by atoms with van der Waals surface area (Å²) in [6.07, 6.45) is 1.04. The van der Waals surface area contributed by atoms with Gasteiger partial charge in [0.25, 0.3) is 0 Å². The Kier molecular flexibility index (Phi) is 4.38. The number of thioether (sulfide) groups is 1. The van der Waals surface area contributed by atoms with Crippen molar-refractivity contribution >= 4 is 29.3 Å². The van der Waals surface area contributed by atoms with Crippen molar-refractivity contribution < 1.29 is 9.59 Å². The average Bonchev–Trinajstić information content (AvgIpc) is 2.50. The highest BCUT2D eigenvalue weighted by atomic mass is 32.2. The van der Waals surface area contributed by atoms with E-state index in [0.29, 0.717) is 13.1 Å². The number of carbonyl (C=O) groups excluding carboxylic acids is 2. The Bertz CT molecular complexity index is 632. The fourth-order valence-corrected chi connectivity index (χ4v) is 4.20. The van der Waals surface area contributed by atoms with Crippen LogP contribution >= 0.6 is 11.8 Å². The normalized spacial score (nSPS) is 26.4. The van der Waals surface area contributed by atoms with Crippen molar-refractivity contribution in [2.24, 2.45) is 11.1 Å². The number of nitrogens with zero attached hydrogens (tertiary/aromatic N) is 1. The molecular weight excluding hydrogens is 310 g/mol. The summed E-state index contributed by atoms with van der Waals surface area (Å²) in [5.41, 5.74) is 6.88. The molecule has 0 radical (unpaired) electrons. The van der Waals surface area contributed by atoms with Crippen molar-refractivity contribution in [3.05, 3.63) is 24.3 Å². The van der Waals surface area contributed by atoms with E-state index in [-0.39, 0.29) is 34.9 Å². The molecule has 2 aliphatic rings. The zero-order valence-corrected chi connectivity index (χ0v) is 14.4. The number of benzene rings is 1. The Balaban J connectivity index is 1.66. The minimum atomic E-state index is -0.365. The van der Waals surface area contributed by atoms with E-state index in [0.717, 1.165) is 17.0 Å². The number of carbonyl (C=O) groups is 2. The molecule has 23 heavy (non-hydrogen) atoms. The van der Waals surface area contributed by atoms with Crippen molar-refractivity contribution in [1.82, 2.24) is 4.90 Å². The van der Waals surface area contributed by atoms with Gasteiger partial charge in [0.2, 0.25) is 11.8 Å². The van der Waals surface area contributed by atoms with Crippen LogP contribution < -0.4 is 11.1 Å². The zero-order chi connectivity index (χ0) is 16.6. The third kappa shape index (κ3) is 3.38. The maximum absolute atomic E-state index is 12.6. The van der Waals surface area contributed by atoms with E-state index in [1.807, 2.05) is 29.2 Å². The van der Waals surface area contributed by atoms with Gasteiger partial charge in [-0.1, -0.05) is 26.0 Å². The van der Waals surface area contributed by atoms with Gasteiger partial charge in [0.15, 0.2) is 0 Å². The second kappa shape index (κ2) is 6.17. The summed E-state index contributed by atoms with van der Waals surface area (Å²) in [5.74, 6) is -0.0490. The summed E-state index contributed by atoms with van der Waals surface area (Å²) in [7, 11) is 0. The highest BCUT2D eigenvalue weighted by Gasteiger charge is 2.37. The summed E-state index contributed by atoms with van der Waals surface area (Å²) in [4.78, 5) is 27.7. The van der Waals surface area contributed by atoms with Gasteiger partial charge in [0.1, 0.15) is 0 Å². The molecule has 1 aromatic rings. The van der Waals surface area contributed by atoms with Gasteiger partial charge in [-0.05, 0) is 24.0 Å². The lowest BCUT2D eigenvalue weighted by Crippen LogP contribution is -2.54. The number of hydrogen-bond acceptors (Lipinski definition) is 4. The molecule has 5 nitrogen and oxygen atoms in total. The number of rotatable bonds is 2. The molecule has 0 saturated carbocycles. The largest absolute Gasteiger partial charge is 0.342 e. The maximum atomic E-state index is 12.6. The zero-order valence-electron chi connectivity index (χ0n) is 13.5. The first kappa shape index (κ1) is 16.3. The Morgan fingerprint density at radius 1 is 1.43 bits per heavy atom. The molecule has 1 fully saturated rings. The lowest BCUT2D eigenvalue weighted by atomic mass is 9.79. The predicted molar refractivity (Wildman–Crippen MR) is 92.3 cm³/mol. The molecule has 0 aromatic heterocycles. The number of para-hydroxylation sites is 1. The van der Waals surface area contributed by atoms with Gasteiger partial charge in [0, 0.05) is 30.4 Å². The molecule has 2 aliphatic heterocycles. The topological polar surface area (TPSA) is 75.4 Å². The number of amides is 2. The van der Waals surface area contributed by atoms with Crippen LogP contribution in [0.15, 0.2) is 29.2 Å². The molecule has 1 aromatic carbocycles. The molecule has 1 saturated heterocycles. The van der Waals surface area contributed by atoms with Gasteiger partial charge in [-0.3, -0.25) is 9.59 Å². The standard InChI is InChI=1S/C17H23N3O2S/c1-17(2)10-20(8-7-14(17)18)15(21)9-13-16(22)19-11-5-3-4-6-12(11)23-13/h3-6,13-14H,7-10,18H2,1-2H3,(H,19,22). The first-order valence-electron chi connectivity index (χ1n) is 7.97. The first-order valence-corrected chi connectivity index (χ1v) is 8.85. The molecule has 3 rings (SSSR count). The van der Waals surface area contributed by atoms with E-state index in [1.54, 1.807) is 0 Å². The van der Waals surface area contributed by atoms with Gasteiger partial charge in [0.05, 0.1) is 10.9 Å². The van der Waals surface area contributed by atoms with Crippen LogP contribution in [0, 0.1) is 5.41 Å². The molecular formula is C17H23N3O2S. The van der Waals surface area contributed by atoms with Crippen molar-refractivity contribution in [3.8, 4) is 0 Å². The highest BCUT2D eigenvalue weighted by molar-refractivity contribution is 8.01. The molecule has 0 bridgehead atoms. The lowest BCUT2D eigenvalue weighted by Gasteiger charge is -2.43. The summed E-state index contributed by atoms with van der Waals surface area (Å²) in [6.45, 7) is 5.52. The van der Waals surface area contributed by atoms with Crippen LogP contribution in [0.5, 0.6) is 0 Å². The van der Waals surface area contributed by atoms with Crippen molar-refractivity contribution in [2.75, 3.05) is 18.4 Å². The third-order valence-electron chi connectivity index (χ3n) is 4.73. The quantitative estimate of drug-likeness (QED) is 0.869. The van der Waals surface area contributed by atoms with Crippen molar-refractivity contribution in [3.63, 3.8) is 0 Å². The molecule has 2 atom stereocenters. The van der Waals surface area contributed by atoms with Crippen LogP contribution in [0.2, 0.25) is 0 Å². The van der Waals surface area contributed by atoms with Crippen molar-refractivity contribution in [1.29, 1.82) is 0 Å². The van der Waals surface area contributed by atoms with Gasteiger partial charge >= 0.3 is 0 Å². The number of nitrogens with one attached hydrogen (secondary N) is 1. The summed E-state index contributed by atoms with van der Waals surface area (Å²) in [6, 6.07) is 7.80. The van der Waals surface area contributed by atoms with E-state index in [2.05, 4.69) is 19.2 Å². The average molecular weight is 333 g/mol. The van der Waals surface area contributed by atoms with E-state index in [9.17, 15) is 9.59 Å². The monoisotopic (exact) mass is 333 g/mol. The molecule has 0 spiro atoms. The Morgan fingerprint density at radius 3 is 2.91 bits per heavy atom. The number of fused-ring (bicyclic) bond motifs is 1. The fraction of sp³-hybridized carbons (Fsp3) is 0.529. The minimum absolute atomic E-state index is 0.0389. The maximum Gasteiger partial charge on any atom is 0.238 e. The molecule has 3 N–H and O–H groups in total. The molecule has 124 valence electrons. The molecule has 2 unspecified atom stereocenters. The SMILES string of the molecule is CC1(C)CN(C(=O)CC2Sc3ccccc3NC2=O)CCC1N. The fourth-order valence-electron chi connectivity index (χ4n) is 3.10. The minimum Gasteiger partial charge on any atom is -0.342 e. The molecule has 2 amide bonds. The lowest BCUT2D eigenvalue weighted by molar-refractivity contribution is -0.135. The number of likely N-dealkylation sites (tertiary alicyclic amines) is 1. The Labute approximate surface area is 141 Å². The second-order valence-corrected chi connectivity index (χ2v) is 8.24. The smallest absolute Gasteiger partial charge is 0.238 e. The number of anilines is 1. The molecule has 2 heterocycles. The van der Waals surface area contributed by atoms with Crippen LogP contribution in [-0.4, -0.2) is 41.1 Å². The van der Waals surface area contributed by atoms with Crippen LogP contribution in [0.25, 0.3) is 0 Å². The van der Waals surface area contributed by atoms with Crippen LogP contribution in [-0.2, 0) is 9.59 Å². The van der Waals surface area contributed by atoms with E-state index < -0.39 is 0 Å². The predicted octanol–water partition coefficient (Wildman–Crippen LogP) is 2.08. The summed E-state index contributed by atoms with van der Waals surface area (Å²) >= 11 is 1.47. The molecule has 0 aliphatic carbocycles.